The topological polar surface area (TPSA) is 47.6 Å². The Bertz CT molecular complexity index is 1050. The number of nitrogens with one attached hydrogen (secondary N) is 2. The molecular formula is C30H36N4O. The van der Waals surface area contributed by atoms with E-state index < -0.39 is 0 Å². The van der Waals surface area contributed by atoms with Crippen molar-refractivity contribution in [2.45, 2.75) is 25.4 Å². The molecule has 2 aliphatic heterocycles. The highest BCUT2D eigenvalue weighted by atomic mass is 16.1. The Hall–Kier alpha value is -2.99. The Labute approximate surface area is 209 Å². The zero-order valence-electron chi connectivity index (χ0n) is 20.5. The van der Waals surface area contributed by atoms with Crippen molar-refractivity contribution in [3.05, 3.63) is 107 Å². The average molecular weight is 469 g/mol. The van der Waals surface area contributed by atoms with Crippen molar-refractivity contribution < 1.29 is 4.79 Å². The molecule has 3 aromatic rings. The van der Waals surface area contributed by atoms with Crippen molar-refractivity contribution in [1.29, 1.82) is 0 Å². The van der Waals surface area contributed by atoms with Crippen molar-refractivity contribution in [1.82, 2.24) is 20.4 Å². The maximum atomic E-state index is 12.8. The SMILES string of the molecule is O=C(NCCN1CCN(C(c2ccccc2)c2ccccc2)CC1)c1ccc2c(c1)CNCCC2. The minimum Gasteiger partial charge on any atom is -0.351 e. The Balaban J connectivity index is 1.13. The molecule has 0 aliphatic carbocycles. The largest absolute Gasteiger partial charge is 0.351 e. The summed E-state index contributed by atoms with van der Waals surface area (Å²) in [5.41, 5.74) is 6.09. The molecule has 2 heterocycles. The van der Waals surface area contributed by atoms with Crippen LogP contribution in [-0.2, 0) is 13.0 Å². The Kier molecular flexibility index (Phi) is 7.89. The van der Waals surface area contributed by atoms with Crippen LogP contribution in [0.2, 0.25) is 0 Å². The summed E-state index contributed by atoms with van der Waals surface area (Å²) in [6.45, 7) is 7.50. The molecule has 1 amide bonds. The number of carbonyl (C=O) groups is 1. The fourth-order valence-electron chi connectivity index (χ4n) is 5.36. The third-order valence-electron chi connectivity index (χ3n) is 7.30. The van der Waals surface area contributed by atoms with Crippen LogP contribution >= 0.6 is 0 Å². The lowest BCUT2D eigenvalue weighted by Gasteiger charge is -2.39. The molecule has 0 saturated carbocycles. The van der Waals surface area contributed by atoms with Gasteiger partial charge in [-0.15, -0.1) is 0 Å². The van der Waals surface area contributed by atoms with Gasteiger partial charge in [0.1, 0.15) is 0 Å². The molecule has 0 bridgehead atoms. The predicted molar refractivity (Wildman–Crippen MR) is 142 cm³/mol. The minimum absolute atomic E-state index is 0.0314. The van der Waals surface area contributed by atoms with E-state index in [1.807, 2.05) is 6.07 Å². The van der Waals surface area contributed by atoms with Crippen LogP contribution < -0.4 is 10.6 Å². The molecule has 182 valence electrons. The molecule has 5 heteroatoms. The smallest absolute Gasteiger partial charge is 0.251 e. The first-order chi connectivity index (χ1) is 17.3. The second kappa shape index (κ2) is 11.6. The van der Waals surface area contributed by atoms with Crippen molar-refractivity contribution in [3.63, 3.8) is 0 Å². The monoisotopic (exact) mass is 468 g/mol. The number of carbonyl (C=O) groups excluding carboxylic acids is 1. The van der Waals surface area contributed by atoms with E-state index in [9.17, 15) is 4.79 Å². The molecule has 1 saturated heterocycles. The number of rotatable bonds is 7. The fourth-order valence-corrected chi connectivity index (χ4v) is 5.36. The summed E-state index contributed by atoms with van der Waals surface area (Å²) in [6, 6.07) is 28.1. The number of hydrogen-bond donors (Lipinski definition) is 2. The molecule has 0 atom stereocenters. The van der Waals surface area contributed by atoms with Crippen LogP contribution in [0.15, 0.2) is 78.9 Å². The van der Waals surface area contributed by atoms with Gasteiger partial charge < -0.3 is 10.6 Å². The zero-order valence-corrected chi connectivity index (χ0v) is 20.5. The molecule has 0 radical (unpaired) electrons. The van der Waals surface area contributed by atoms with Crippen LogP contribution in [0.1, 0.15) is 45.1 Å². The summed E-state index contributed by atoms with van der Waals surface area (Å²) in [6.07, 6.45) is 2.24. The lowest BCUT2D eigenvalue weighted by Crippen LogP contribution is -2.49. The van der Waals surface area contributed by atoms with Crippen LogP contribution in [0, 0.1) is 0 Å². The summed E-state index contributed by atoms with van der Waals surface area (Å²) in [7, 11) is 0. The average Bonchev–Trinajstić information content (AvgIpc) is 3.16. The lowest BCUT2D eigenvalue weighted by molar-refractivity contribution is 0.0921. The number of benzene rings is 3. The second-order valence-electron chi connectivity index (χ2n) is 9.62. The molecule has 5 nitrogen and oxygen atoms in total. The number of nitrogens with zero attached hydrogens (tertiary/aromatic N) is 2. The van der Waals surface area contributed by atoms with Crippen LogP contribution in [0.5, 0.6) is 0 Å². The molecule has 35 heavy (non-hydrogen) atoms. The number of fused-ring (bicyclic) bond motifs is 1. The van der Waals surface area contributed by atoms with E-state index in [2.05, 4.69) is 93.2 Å². The molecule has 0 aromatic heterocycles. The van der Waals surface area contributed by atoms with Gasteiger partial charge in [-0.3, -0.25) is 14.6 Å². The summed E-state index contributed by atoms with van der Waals surface area (Å²) >= 11 is 0. The first-order valence-corrected chi connectivity index (χ1v) is 12.9. The highest BCUT2D eigenvalue weighted by Gasteiger charge is 2.26. The molecule has 1 fully saturated rings. The van der Waals surface area contributed by atoms with Gasteiger partial charge in [0.15, 0.2) is 0 Å². The lowest BCUT2D eigenvalue weighted by atomic mass is 9.96. The quantitative estimate of drug-likeness (QED) is 0.553. The van der Waals surface area contributed by atoms with Gasteiger partial charge in [-0.1, -0.05) is 66.7 Å². The van der Waals surface area contributed by atoms with E-state index in [0.717, 1.165) is 64.2 Å². The highest BCUT2D eigenvalue weighted by Crippen LogP contribution is 2.29. The van der Waals surface area contributed by atoms with Gasteiger partial charge in [-0.05, 0) is 53.8 Å². The van der Waals surface area contributed by atoms with E-state index in [1.165, 1.54) is 22.3 Å². The van der Waals surface area contributed by atoms with Gasteiger partial charge in [0.2, 0.25) is 0 Å². The molecular weight excluding hydrogens is 432 g/mol. The molecule has 0 unspecified atom stereocenters. The van der Waals surface area contributed by atoms with E-state index in [4.69, 9.17) is 0 Å². The first-order valence-electron chi connectivity index (χ1n) is 12.9. The second-order valence-corrected chi connectivity index (χ2v) is 9.62. The third-order valence-corrected chi connectivity index (χ3v) is 7.30. The normalized spacial score (nSPS) is 17.1. The molecule has 2 aliphatic rings. The molecule has 2 N–H and O–H groups in total. The fraction of sp³-hybridized carbons (Fsp3) is 0.367. The maximum absolute atomic E-state index is 12.8. The van der Waals surface area contributed by atoms with Crippen molar-refractivity contribution >= 4 is 5.91 Å². The Morgan fingerprint density at radius 2 is 1.54 bits per heavy atom. The predicted octanol–water partition coefficient (Wildman–Crippen LogP) is 3.86. The van der Waals surface area contributed by atoms with Gasteiger partial charge in [-0.2, -0.15) is 0 Å². The molecule has 3 aromatic carbocycles. The van der Waals surface area contributed by atoms with Crippen molar-refractivity contribution in [2.75, 3.05) is 45.8 Å². The van der Waals surface area contributed by atoms with Crippen LogP contribution in [-0.4, -0.2) is 61.5 Å². The number of piperazine rings is 1. The molecule has 5 rings (SSSR count). The summed E-state index contributed by atoms with van der Waals surface area (Å²) in [4.78, 5) is 17.8. The number of amides is 1. The van der Waals surface area contributed by atoms with Crippen LogP contribution in [0.3, 0.4) is 0 Å². The van der Waals surface area contributed by atoms with Crippen molar-refractivity contribution in [3.8, 4) is 0 Å². The highest BCUT2D eigenvalue weighted by molar-refractivity contribution is 5.94. The van der Waals surface area contributed by atoms with Crippen molar-refractivity contribution in [2.24, 2.45) is 0 Å². The first kappa shape index (κ1) is 23.7. The maximum Gasteiger partial charge on any atom is 0.251 e. The van der Waals surface area contributed by atoms with E-state index in [-0.39, 0.29) is 11.9 Å². The van der Waals surface area contributed by atoms with Gasteiger partial charge in [0.25, 0.3) is 5.91 Å². The summed E-state index contributed by atoms with van der Waals surface area (Å²) in [5, 5.41) is 6.59. The van der Waals surface area contributed by atoms with Gasteiger partial charge in [-0.25, -0.2) is 0 Å². The van der Waals surface area contributed by atoms with Crippen LogP contribution in [0.4, 0.5) is 0 Å². The third kappa shape index (κ3) is 5.99. The Morgan fingerprint density at radius 1 is 0.857 bits per heavy atom. The van der Waals surface area contributed by atoms with Gasteiger partial charge in [0.05, 0.1) is 6.04 Å². The zero-order chi connectivity index (χ0) is 23.9. The van der Waals surface area contributed by atoms with E-state index in [1.54, 1.807) is 0 Å². The number of hydrogen-bond acceptors (Lipinski definition) is 4. The standard InChI is InChI=1S/C30H36N4O/c35-30(27-14-13-24-12-7-15-31-23-28(24)22-27)32-16-17-33-18-20-34(21-19-33)29(25-8-3-1-4-9-25)26-10-5-2-6-11-26/h1-6,8-11,13-14,22,29,31H,7,12,15-21,23H2,(H,32,35). The Morgan fingerprint density at radius 3 is 2.23 bits per heavy atom. The van der Waals surface area contributed by atoms with E-state index in [0.29, 0.717) is 6.54 Å². The van der Waals surface area contributed by atoms with Gasteiger partial charge >= 0.3 is 0 Å². The number of aryl methyl sites for hydroxylation is 1. The van der Waals surface area contributed by atoms with E-state index >= 15 is 0 Å². The summed E-state index contributed by atoms with van der Waals surface area (Å²) in [5.74, 6) is 0.0314. The van der Waals surface area contributed by atoms with Crippen LogP contribution in [0.25, 0.3) is 0 Å². The summed E-state index contributed by atoms with van der Waals surface area (Å²) < 4.78 is 0. The van der Waals surface area contributed by atoms with Gasteiger partial charge in [0, 0.05) is 51.4 Å². The molecule has 0 spiro atoms. The minimum atomic E-state index is 0.0314.